The summed E-state index contributed by atoms with van der Waals surface area (Å²) in [6.45, 7) is 17.5. The summed E-state index contributed by atoms with van der Waals surface area (Å²) in [5, 5.41) is 9.14. The number of aromatic nitrogens is 7. The molecule has 0 radical (unpaired) electrons. The number of fused-ring (bicyclic) bond motifs is 12. The fourth-order valence-electron chi connectivity index (χ4n) is 17.8. The first-order valence-corrected chi connectivity index (χ1v) is 37.4. The maximum Gasteiger partial charge on any atom is 0.168 e. The Morgan fingerprint density at radius 1 is 0.167 bits per heavy atom. The molecule has 7 heteroatoms. The summed E-state index contributed by atoms with van der Waals surface area (Å²) in [4.78, 5) is 18.2. The van der Waals surface area contributed by atoms with Gasteiger partial charge in [0.15, 0.2) is 17.5 Å². The van der Waals surface area contributed by atoms with Gasteiger partial charge in [0, 0.05) is 48.7 Å². The quantitative estimate of drug-likeness (QED) is 0.130. The van der Waals surface area contributed by atoms with Crippen molar-refractivity contribution in [1.82, 2.24) is 33.2 Å². The van der Waals surface area contributed by atoms with Crippen molar-refractivity contribution in [1.29, 1.82) is 0 Å². The van der Waals surface area contributed by atoms with Crippen LogP contribution in [0.25, 0.3) is 189 Å². The molecule has 0 amide bonds. The van der Waals surface area contributed by atoms with Gasteiger partial charge in [-0.1, -0.05) is 281 Å². The van der Waals surface area contributed by atoms with Gasteiger partial charge in [-0.05, 0) is 173 Å². The smallest absolute Gasteiger partial charge is 0.168 e. The normalized spacial score (nSPS) is 11.9. The highest BCUT2D eigenvalue weighted by Gasteiger charge is 2.30. The van der Waals surface area contributed by atoms with Crippen LogP contribution in [0, 0.1) is 55.4 Å². The predicted molar refractivity (Wildman–Crippen MR) is 453 cm³/mol. The molecule has 20 rings (SSSR count). The Balaban J connectivity index is 0.954. The average Bonchev–Trinajstić information content (AvgIpc) is 1.51. The van der Waals surface area contributed by atoms with Crippen LogP contribution in [0.15, 0.2) is 309 Å². The van der Waals surface area contributed by atoms with E-state index in [-0.39, 0.29) is 0 Å². The number of aryl methyl sites for hydroxylation is 8. The predicted octanol–water partition coefficient (Wildman–Crippen LogP) is 26.4. The molecule has 5 aromatic heterocycles. The van der Waals surface area contributed by atoms with Gasteiger partial charge in [0.2, 0.25) is 0 Å². The lowest BCUT2D eigenvalue weighted by Gasteiger charge is -2.22. The Morgan fingerprint density at radius 2 is 0.398 bits per heavy atom. The highest BCUT2D eigenvalue weighted by Crippen LogP contribution is 2.48. The number of hydrogen-bond donors (Lipinski definition) is 0. The van der Waals surface area contributed by atoms with Gasteiger partial charge in [0.1, 0.15) is 0 Å². The van der Waals surface area contributed by atoms with Crippen LogP contribution in [0.5, 0.6) is 0 Å². The van der Waals surface area contributed by atoms with E-state index in [1.807, 2.05) is 0 Å². The third-order valence-electron chi connectivity index (χ3n) is 22.0. The van der Waals surface area contributed by atoms with E-state index in [1.165, 1.54) is 66.8 Å². The molecular formula is C101H75N7. The lowest BCUT2D eigenvalue weighted by Crippen LogP contribution is -2.10. The monoisotopic (exact) mass is 1390 g/mol. The summed E-state index contributed by atoms with van der Waals surface area (Å²) in [6, 6.07) is 115. The molecule has 0 bridgehead atoms. The Hall–Kier alpha value is -13.5. The van der Waals surface area contributed by atoms with Gasteiger partial charge in [-0.3, -0.25) is 0 Å². The van der Waals surface area contributed by atoms with E-state index in [0.29, 0.717) is 17.5 Å². The van der Waals surface area contributed by atoms with Crippen molar-refractivity contribution in [2.75, 3.05) is 0 Å². The first kappa shape index (κ1) is 64.1. The third-order valence-corrected chi connectivity index (χ3v) is 22.0. The van der Waals surface area contributed by atoms with E-state index in [0.717, 1.165) is 149 Å². The van der Waals surface area contributed by atoms with E-state index in [4.69, 9.17) is 15.0 Å². The Labute approximate surface area is 627 Å². The summed E-state index contributed by atoms with van der Waals surface area (Å²) in [5.41, 5.74) is 33.7. The van der Waals surface area contributed by atoms with E-state index in [1.54, 1.807) is 0 Å². The van der Waals surface area contributed by atoms with E-state index in [2.05, 4.69) is 383 Å². The molecule has 5 heterocycles. The molecule has 0 fully saturated rings. The van der Waals surface area contributed by atoms with Gasteiger partial charge < -0.3 is 18.3 Å². The molecule has 20 aromatic rings. The average molecular weight is 1390 g/mol. The van der Waals surface area contributed by atoms with Crippen molar-refractivity contribution in [3.8, 4) is 101 Å². The van der Waals surface area contributed by atoms with E-state index in [9.17, 15) is 0 Å². The largest absolute Gasteiger partial charge is 0.308 e. The minimum absolute atomic E-state index is 0.511. The molecule has 0 aliphatic heterocycles. The number of hydrogen-bond acceptors (Lipinski definition) is 3. The van der Waals surface area contributed by atoms with Crippen molar-refractivity contribution in [2.24, 2.45) is 0 Å². The maximum absolute atomic E-state index is 6.28. The number of benzene rings is 15. The Bertz CT molecular complexity index is 6290. The molecule has 514 valence electrons. The lowest BCUT2D eigenvalue weighted by atomic mass is 9.99. The van der Waals surface area contributed by atoms with Gasteiger partial charge in [0.25, 0.3) is 0 Å². The van der Waals surface area contributed by atoms with Crippen molar-refractivity contribution in [3.05, 3.63) is 354 Å². The highest BCUT2D eigenvalue weighted by molar-refractivity contribution is 6.15. The summed E-state index contributed by atoms with van der Waals surface area (Å²) in [6.07, 6.45) is 0. The number of rotatable bonds is 11. The van der Waals surface area contributed by atoms with E-state index >= 15 is 0 Å². The second kappa shape index (κ2) is 25.1. The summed E-state index contributed by atoms with van der Waals surface area (Å²) in [7, 11) is 0. The minimum atomic E-state index is 0.511. The van der Waals surface area contributed by atoms with Gasteiger partial charge >= 0.3 is 0 Å². The van der Waals surface area contributed by atoms with Gasteiger partial charge in [-0.25, -0.2) is 15.0 Å². The minimum Gasteiger partial charge on any atom is -0.308 e. The van der Waals surface area contributed by atoms with Crippen LogP contribution < -0.4 is 0 Å². The fourth-order valence-corrected chi connectivity index (χ4v) is 17.8. The molecule has 15 aromatic carbocycles. The van der Waals surface area contributed by atoms with Crippen LogP contribution >= 0.6 is 0 Å². The Kier molecular flexibility index (Phi) is 14.9. The first-order chi connectivity index (χ1) is 52.8. The van der Waals surface area contributed by atoms with Crippen molar-refractivity contribution < 1.29 is 0 Å². The third kappa shape index (κ3) is 10.6. The van der Waals surface area contributed by atoms with Gasteiger partial charge in [0.05, 0.1) is 78.0 Å². The van der Waals surface area contributed by atoms with Crippen LogP contribution in [-0.4, -0.2) is 33.2 Å². The van der Waals surface area contributed by atoms with Crippen LogP contribution in [-0.2, 0) is 0 Å². The molecular weight excluding hydrogens is 1310 g/mol. The van der Waals surface area contributed by atoms with Gasteiger partial charge in [-0.15, -0.1) is 0 Å². The second-order valence-corrected chi connectivity index (χ2v) is 29.9. The van der Waals surface area contributed by atoms with Crippen molar-refractivity contribution in [2.45, 2.75) is 55.4 Å². The molecule has 0 saturated carbocycles. The fraction of sp³-hybridized carbons (Fsp3) is 0.0792. The first-order valence-electron chi connectivity index (χ1n) is 37.4. The molecule has 0 aliphatic carbocycles. The summed E-state index contributed by atoms with van der Waals surface area (Å²) >= 11 is 0. The Morgan fingerprint density at radius 3 is 0.667 bits per heavy atom. The van der Waals surface area contributed by atoms with Gasteiger partial charge in [-0.2, -0.15) is 0 Å². The molecule has 7 nitrogen and oxygen atoms in total. The number of nitrogens with zero attached hydrogens (tertiary/aromatic N) is 7. The highest BCUT2D eigenvalue weighted by atomic mass is 15.1. The van der Waals surface area contributed by atoms with Crippen molar-refractivity contribution in [3.63, 3.8) is 0 Å². The molecule has 0 saturated heterocycles. The SMILES string of the molecule is Cc1cc(C)cc(-c2ccc3c4ccccc4n(-c4cccc(-n5c6ccccc6c6ccc(-c7cc(C)cc(C)c7)cc65)c4-c4nc(-c5ccccc5)nc(-c5c(-n6c7ccccc7c7ccc(-c8cc(C)cc(C)c8)cc76)cccc5-n5c6ccccc6c6ccc(-c7cc(C)cc(C)c7)cc65)n4)c3c2)c1. The molecule has 0 atom stereocenters. The molecule has 0 aliphatic rings. The molecule has 108 heavy (non-hydrogen) atoms. The standard InChI is InChI=1S/C101H75N7/c1-60-44-61(2)49-73(48-60)69-36-40-81-77-24-12-16-28-85(77)105(93(81)56-69)89-32-20-33-90(106-86-29-17-13-25-78(86)82-41-37-70(57-94(82)106)74-50-62(3)45-63(4)51-74)97(89)100-102-99(68-22-10-9-11-23-68)103-101(104-100)98-91(107-87-30-18-14-26-79(87)83-42-38-71(58-95(83)107)75-52-64(5)46-65(6)53-75)34-21-35-92(98)108-88-31-19-15-27-80(88)84-43-39-72(59-96(84)108)76-54-66(7)47-67(8)55-76/h9-59H,1-8H3. The molecule has 0 unspecified atom stereocenters. The summed E-state index contributed by atoms with van der Waals surface area (Å²) < 4.78 is 9.91. The topological polar surface area (TPSA) is 58.4 Å². The van der Waals surface area contributed by atoms with Crippen molar-refractivity contribution >= 4 is 87.2 Å². The zero-order chi connectivity index (χ0) is 72.7. The van der Waals surface area contributed by atoms with Crippen LogP contribution in [0.4, 0.5) is 0 Å². The maximum atomic E-state index is 6.28. The zero-order valence-corrected chi connectivity index (χ0v) is 61.6. The lowest BCUT2D eigenvalue weighted by molar-refractivity contribution is 1.04. The van der Waals surface area contributed by atoms with E-state index < -0.39 is 0 Å². The molecule has 0 spiro atoms. The number of para-hydroxylation sites is 4. The molecule has 0 N–H and O–H groups in total. The van der Waals surface area contributed by atoms with Crippen LogP contribution in [0.3, 0.4) is 0 Å². The second-order valence-electron chi connectivity index (χ2n) is 29.9. The summed E-state index contributed by atoms with van der Waals surface area (Å²) in [5.74, 6) is 1.56. The van der Waals surface area contributed by atoms with Crippen LogP contribution in [0.2, 0.25) is 0 Å². The van der Waals surface area contributed by atoms with Crippen LogP contribution in [0.1, 0.15) is 44.5 Å². The zero-order valence-electron chi connectivity index (χ0n) is 61.6.